The number of hydrogen-bond donors (Lipinski definition) is 0. The highest BCUT2D eigenvalue weighted by molar-refractivity contribution is 6.18. The zero-order valence-corrected chi connectivity index (χ0v) is 32.7. The molecule has 0 amide bonds. The maximum Gasteiger partial charge on any atom is 0.159 e. The van der Waals surface area contributed by atoms with Crippen LogP contribution in [0.1, 0.15) is 33.4 Å². The molecule has 0 saturated carbocycles. The minimum atomic E-state index is -0.604. The Bertz CT molecular complexity index is 3230. The molecule has 11 rings (SSSR count). The summed E-state index contributed by atoms with van der Waals surface area (Å²) in [5, 5.41) is 4.83. The van der Waals surface area contributed by atoms with Crippen molar-refractivity contribution in [2.24, 2.45) is 0 Å². The molecule has 1 aliphatic rings. The number of hydrogen-bond acceptors (Lipinski definition) is 2. The van der Waals surface area contributed by atoms with Gasteiger partial charge in [-0.05, 0) is 68.8 Å². The summed E-state index contributed by atoms with van der Waals surface area (Å²) in [4.78, 5) is 10.6. The van der Waals surface area contributed by atoms with E-state index in [0.717, 1.165) is 39.1 Å². The molecule has 3 heteroatoms. The van der Waals surface area contributed by atoms with Crippen molar-refractivity contribution in [3.05, 3.63) is 240 Å². The van der Waals surface area contributed by atoms with Gasteiger partial charge in [-0.3, -0.25) is 0 Å². The highest BCUT2D eigenvalue weighted by Crippen LogP contribution is 2.60. The van der Waals surface area contributed by atoms with Crippen molar-refractivity contribution < 1.29 is 0 Å². The van der Waals surface area contributed by atoms with Gasteiger partial charge in [-0.2, -0.15) is 0 Å². The molecule has 0 atom stereocenters. The van der Waals surface area contributed by atoms with E-state index in [9.17, 15) is 0 Å². The Kier molecular flexibility index (Phi) is 8.09. The van der Waals surface area contributed by atoms with Crippen molar-refractivity contribution in [1.29, 1.82) is 0 Å². The van der Waals surface area contributed by atoms with Crippen LogP contribution in [0.5, 0.6) is 0 Å². The fourth-order valence-corrected chi connectivity index (χ4v) is 9.70. The van der Waals surface area contributed by atoms with Crippen molar-refractivity contribution in [3.8, 4) is 39.5 Å². The summed E-state index contributed by atoms with van der Waals surface area (Å²) in [5.41, 5.74) is 15.2. The third-order valence-corrected chi connectivity index (χ3v) is 12.2. The summed E-state index contributed by atoms with van der Waals surface area (Å²) >= 11 is 0. The standard InChI is InChI=1S/C56H39N3/c1-3-4-19-41-35-49-47(34-37(41)2)45-32-33-48-51(54(45)59(49)50-36-57-55(40-23-11-6-12-24-40)58-53(50)39-21-9-5-10-22-39)46-31-30-38-20-17-18-29-44(38)52(46)56(48,42-25-13-7-14-26-42)43-27-15-8-16-28-43/h3-36H,1H2,2H3/b19-4-. The molecule has 1 aliphatic carbocycles. The molecule has 0 aliphatic heterocycles. The third-order valence-electron chi connectivity index (χ3n) is 12.2. The van der Waals surface area contributed by atoms with E-state index >= 15 is 0 Å². The van der Waals surface area contributed by atoms with Crippen molar-refractivity contribution in [1.82, 2.24) is 14.5 Å². The van der Waals surface area contributed by atoms with Crippen molar-refractivity contribution in [2.75, 3.05) is 0 Å². The van der Waals surface area contributed by atoms with E-state index in [-0.39, 0.29) is 0 Å². The monoisotopic (exact) mass is 753 g/mol. The molecule has 2 aromatic heterocycles. The Morgan fingerprint density at radius 2 is 1.25 bits per heavy atom. The molecule has 10 aromatic rings. The summed E-state index contributed by atoms with van der Waals surface area (Å²) in [6.07, 6.45) is 8.04. The van der Waals surface area contributed by atoms with E-state index in [4.69, 9.17) is 9.97 Å². The van der Waals surface area contributed by atoms with Crippen LogP contribution in [-0.4, -0.2) is 14.5 Å². The molecule has 2 heterocycles. The van der Waals surface area contributed by atoms with Crippen LogP contribution in [0.2, 0.25) is 0 Å². The lowest BCUT2D eigenvalue weighted by atomic mass is 9.66. The number of aryl methyl sites for hydroxylation is 1. The summed E-state index contributed by atoms with van der Waals surface area (Å²) < 4.78 is 2.45. The zero-order chi connectivity index (χ0) is 39.5. The van der Waals surface area contributed by atoms with Gasteiger partial charge in [-0.25, -0.2) is 9.97 Å². The normalized spacial score (nSPS) is 13.0. The smallest absolute Gasteiger partial charge is 0.159 e. The van der Waals surface area contributed by atoms with Crippen LogP contribution in [0, 0.1) is 6.92 Å². The second kappa shape index (κ2) is 13.8. The molecular formula is C56H39N3. The highest BCUT2D eigenvalue weighted by Gasteiger charge is 2.48. The van der Waals surface area contributed by atoms with Crippen LogP contribution in [0.25, 0.3) is 78.1 Å². The maximum absolute atomic E-state index is 5.42. The van der Waals surface area contributed by atoms with Crippen molar-refractivity contribution >= 4 is 38.7 Å². The lowest BCUT2D eigenvalue weighted by Gasteiger charge is -2.34. The molecule has 0 radical (unpaired) electrons. The number of fused-ring (bicyclic) bond motifs is 9. The van der Waals surface area contributed by atoms with Crippen LogP contribution >= 0.6 is 0 Å². The minimum Gasteiger partial charge on any atom is -0.305 e. The maximum atomic E-state index is 5.42. The van der Waals surface area contributed by atoms with Gasteiger partial charge in [0.05, 0.1) is 34.0 Å². The molecule has 0 bridgehead atoms. The third kappa shape index (κ3) is 5.21. The van der Waals surface area contributed by atoms with E-state index in [2.05, 4.69) is 188 Å². The molecule has 0 saturated heterocycles. The Balaban J connectivity index is 1.36. The fraction of sp³-hybridized carbons (Fsp3) is 0.0357. The summed E-state index contributed by atoms with van der Waals surface area (Å²) in [6.45, 7) is 6.18. The number of benzene rings is 8. The molecule has 0 spiro atoms. The highest BCUT2D eigenvalue weighted by atomic mass is 15.0. The molecule has 0 fully saturated rings. The second-order valence-electron chi connectivity index (χ2n) is 15.4. The second-order valence-corrected chi connectivity index (χ2v) is 15.4. The van der Waals surface area contributed by atoms with Gasteiger partial charge in [0.1, 0.15) is 0 Å². The van der Waals surface area contributed by atoms with Gasteiger partial charge in [-0.1, -0.05) is 195 Å². The van der Waals surface area contributed by atoms with Crippen LogP contribution < -0.4 is 0 Å². The summed E-state index contributed by atoms with van der Waals surface area (Å²) in [5.74, 6) is 0.689. The Morgan fingerprint density at radius 1 is 0.610 bits per heavy atom. The largest absolute Gasteiger partial charge is 0.305 e. The first-order valence-corrected chi connectivity index (χ1v) is 20.2. The van der Waals surface area contributed by atoms with Gasteiger partial charge in [0, 0.05) is 27.5 Å². The molecule has 278 valence electrons. The van der Waals surface area contributed by atoms with Gasteiger partial charge in [0.15, 0.2) is 5.82 Å². The molecule has 0 N–H and O–H groups in total. The first-order valence-electron chi connectivity index (χ1n) is 20.2. The first-order chi connectivity index (χ1) is 29.2. The quantitative estimate of drug-likeness (QED) is 0.152. The number of rotatable bonds is 7. The van der Waals surface area contributed by atoms with Crippen LogP contribution in [0.4, 0.5) is 0 Å². The summed E-state index contributed by atoms with van der Waals surface area (Å²) in [7, 11) is 0. The van der Waals surface area contributed by atoms with Gasteiger partial charge >= 0.3 is 0 Å². The van der Waals surface area contributed by atoms with E-state index in [1.165, 1.54) is 60.5 Å². The average Bonchev–Trinajstić information content (AvgIpc) is 3.79. The number of aromatic nitrogens is 3. The van der Waals surface area contributed by atoms with Crippen LogP contribution in [-0.2, 0) is 5.41 Å². The lowest BCUT2D eigenvalue weighted by molar-refractivity contribution is 0.776. The topological polar surface area (TPSA) is 30.7 Å². The Morgan fingerprint density at radius 3 is 1.95 bits per heavy atom. The first kappa shape index (κ1) is 34.6. The molecule has 59 heavy (non-hydrogen) atoms. The van der Waals surface area contributed by atoms with E-state index < -0.39 is 5.41 Å². The number of nitrogens with zero attached hydrogens (tertiary/aromatic N) is 3. The van der Waals surface area contributed by atoms with Crippen LogP contribution in [0.15, 0.2) is 207 Å². The molecule has 3 nitrogen and oxygen atoms in total. The van der Waals surface area contributed by atoms with E-state index in [0.29, 0.717) is 5.82 Å². The molecule has 0 unspecified atom stereocenters. The van der Waals surface area contributed by atoms with Gasteiger partial charge in [-0.15, -0.1) is 0 Å². The van der Waals surface area contributed by atoms with Gasteiger partial charge in [0.25, 0.3) is 0 Å². The predicted octanol–water partition coefficient (Wildman–Crippen LogP) is 13.9. The number of allylic oxidation sites excluding steroid dienone is 2. The van der Waals surface area contributed by atoms with E-state index in [1.54, 1.807) is 0 Å². The SMILES string of the molecule is C=C/C=C\c1cc2c(cc1C)c1ccc3c(c1n2-c1cnc(-c2ccccc2)nc1-c1ccccc1)-c1ccc2ccccc2c1C3(c1ccccc1)c1ccccc1. The van der Waals surface area contributed by atoms with Crippen LogP contribution in [0.3, 0.4) is 0 Å². The zero-order valence-electron chi connectivity index (χ0n) is 32.7. The van der Waals surface area contributed by atoms with Crippen molar-refractivity contribution in [2.45, 2.75) is 12.3 Å². The Hall–Kier alpha value is -7.62. The average molecular weight is 754 g/mol. The van der Waals surface area contributed by atoms with Crippen molar-refractivity contribution in [3.63, 3.8) is 0 Å². The van der Waals surface area contributed by atoms with E-state index in [1.807, 2.05) is 36.5 Å². The Labute approximate surface area is 343 Å². The summed E-state index contributed by atoms with van der Waals surface area (Å²) in [6, 6.07) is 65.9. The van der Waals surface area contributed by atoms with Gasteiger partial charge in [0.2, 0.25) is 0 Å². The lowest BCUT2D eigenvalue weighted by Crippen LogP contribution is -2.28. The fourth-order valence-electron chi connectivity index (χ4n) is 9.70. The molecular weight excluding hydrogens is 715 g/mol. The van der Waals surface area contributed by atoms with Gasteiger partial charge < -0.3 is 4.57 Å². The molecule has 8 aromatic carbocycles. The minimum absolute atomic E-state index is 0.604. The predicted molar refractivity (Wildman–Crippen MR) is 246 cm³/mol.